The first kappa shape index (κ1) is 13.1. The molecule has 1 fully saturated rings. The number of morpholine rings is 1. The van der Waals surface area contributed by atoms with Crippen molar-refractivity contribution in [1.29, 1.82) is 0 Å². The molecule has 0 saturated carbocycles. The van der Waals surface area contributed by atoms with Gasteiger partial charge in [0.15, 0.2) is 0 Å². The van der Waals surface area contributed by atoms with E-state index in [0.717, 1.165) is 12.0 Å². The van der Waals surface area contributed by atoms with Crippen LogP contribution in [0.1, 0.15) is 12.0 Å². The zero-order chi connectivity index (χ0) is 12.8. The van der Waals surface area contributed by atoms with Gasteiger partial charge in [-0.2, -0.15) is 0 Å². The highest BCUT2D eigenvalue weighted by molar-refractivity contribution is 5.80. The van der Waals surface area contributed by atoms with Gasteiger partial charge in [0.25, 0.3) is 5.91 Å². The summed E-state index contributed by atoms with van der Waals surface area (Å²) in [6, 6.07) is 9.90. The summed E-state index contributed by atoms with van der Waals surface area (Å²) < 4.78 is 5.18. The van der Waals surface area contributed by atoms with Crippen LogP contribution in [-0.2, 0) is 16.0 Å². The first-order valence-corrected chi connectivity index (χ1v) is 6.36. The molecule has 0 aromatic heterocycles. The highest BCUT2D eigenvalue weighted by Gasteiger charge is 2.23. The molecule has 4 heteroatoms. The smallest absolute Gasteiger partial charge is 0.251 e. The topological polar surface area (TPSA) is 49.8 Å². The molecule has 18 heavy (non-hydrogen) atoms. The van der Waals surface area contributed by atoms with Crippen LogP contribution in [0, 0.1) is 0 Å². The third-order valence-electron chi connectivity index (χ3n) is 3.16. The van der Waals surface area contributed by atoms with Crippen molar-refractivity contribution in [2.24, 2.45) is 0 Å². The number of nitrogens with zero attached hydrogens (tertiary/aromatic N) is 1. The lowest BCUT2D eigenvalue weighted by atomic mass is 10.1. The zero-order valence-corrected chi connectivity index (χ0v) is 10.4. The maximum Gasteiger partial charge on any atom is 0.251 e. The number of hydrogen-bond donors (Lipinski definition) is 1. The van der Waals surface area contributed by atoms with Gasteiger partial charge < -0.3 is 14.7 Å². The van der Waals surface area contributed by atoms with E-state index < -0.39 is 6.10 Å². The summed E-state index contributed by atoms with van der Waals surface area (Å²) in [7, 11) is 0. The molecule has 0 radical (unpaired) electrons. The molecular formula is C14H19NO3. The standard InChI is InChI=1S/C14H19NO3/c16-13(7-6-12-4-2-1-3-5-12)14(17)15-8-10-18-11-9-15/h1-5,13,16H,6-11H2. The summed E-state index contributed by atoms with van der Waals surface area (Å²) in [6.45, 7) is 2.30. The Morgan fingerprint density at radius 3 is 2.61 bits per heavy atom. The van der Waals surface area contributed by atoms with Gasteiger partial charge in [0.2, 0.25) is 0 Å². The van der Waals surface area contributed by atoms with Gasteiger partial charge in [-0.25, -0.2) is 0 Å². The fraction of sp³-hybridized carbons (Fsp3) is 0.500. The molecule has 0 bridgehead atoms. The van der Waals surface area contributed by atoms with Crippen molar-refractivity contribution < 1.29 is 14.6 Å². The number of amides is 1. The van der Waals surface area contributed by atoms with Crippen molar-refractivity contribution in [3.8, 4) is 0 Å². The van der Waals surface area contributed by atoms with Gasteiger partial charge in [0.1, 0.15) is 6.10 Å². The predicted octanol–water partition coefficient (Wildman–Crippen LogP) is 0.839. The first-order valence-electron chi connectivity index (χ1n) is 6.36. The lowest BCUT2D eigenvalue weighted by Gasteiger charge is -2.28. The minimum absolute atomic E-state index is 0.172. The number of aliphatic hydroxyl groups is 1. The molecule has 0 aliphatic carbocycles. The quantitative estimate of drug-likeness (QED) is 0.860. The van der Waals surface area contributed by atoms with Crippen molar-refractivity contribution in [2.75, 3.05) is 26.3 Å². The Balaban J connectivity index is 1.80. The van der Waals surface area contributed by atoms with E-state index >= 15 is 0 Å². The molecule has 4 nitrogen and oxygen atoms in total. The van der Waals surface area contributed by atoms with Crippen LogP contribution in [-0.4, -0.2) is 48.3 Å². The van der Waals surface area contributed by atoms with Gasteiger partial charge in [-0.15, -0.1) is 0 Å². The van der Waals surface area contributed by atoms with E-state index in [4.69, 9.17) is 4.74 Å². The monoisotopic (exact) mass is 249 g/mol. The third kappa shape index (κ3) is 3.55. The fourth-order valence-electron chi connectivity index (χ4n) is 2.07. The number of hydrogen-bond acceptors (Lipinski definition) is 3. The van der Waals surface area contributed by atoms with Crippen molar-refractivity contribution in [2.45, 2.75) is 18.9 Å². The van der Waals surface area contributed by atoms with Gasteiger partial charge >= 0.3 is 0 Å². The van der Waals surface area contributed by atoms with E-state index in [1.807, 2.05) is 30.3 Å². The fourth-order valence-corrected chi connectivity index (χ4v) is 2.07. The van der Waals surface area contributed by atoms with Gasteiger partial charge in [-0.05, 0) is 18.4 Å². The van der Waals surface area contributed by atoms with Crippen LogP contribution in [0.25, 0.3) is 0 Å². The molecule has 1 N–H and O–H groups in total. The molecule has 1 aliphatic heterocycles. The number of carbonyl (C=O) groups excluding carboxylic acids is 1. The molecule has 1 aromatic rings. The van der Waals surface area contributed by atoms with Crippen LogP contribution in [0.15, 0.2) is 30.3 Å². The van der Waals surface area contributed by atoms with E-state index in [0.29, 0.717) is 32.7 Å². The second-order valence-corrected chi connectivity index (χ2v) is 4.48. The molecule has 0 spiro atoms. The second kappa shape index (κ2) is 6.52. The van der Waals surface area contributed by atoms with Crippen molar-refractivity contribution in [3.05, 3.63) is 35.9 Å². The van der Waals surface area contributed by atoms with Crippen LogP contribution in [0.5, 0.6) is 0 Å². The summed E-state index contributed by atoms with van der Waals surface area (Å²) in [4.78, 5) is 13.6. The minimum Gasteiger partial charge on any atom is -0.383 e. The molecule has 98 valence electrons. The maximum absolute atomic E-state index is 11.9. The normalized spacial score (nSPS) is 17.5. The number of aryl methyl sites for hydroxylation is 1. The van der Waals surface area contributed by atoms with Crippen LogP contribution in [0.3, 0.4) is 0 Å². The summed E-state index contributed by atoms with van der Waals surface area (Å²) in [5.41, 5.74) is 1.14. The third-order valence-corrected chi connectivity index (χ3v) is 3.16. The van der Waals surface area contributed by atoms with Gasteiger partial charge in [0.05, 0.1) is 13.2 Å². The van der Waals surface area contributed by atoms with E-state index in [2.05, 4.69) is 0 Å². The molecule has 1 aromatic carbocycles. The van der Waals surface area contributed by atoms with Crippen molar-refractivity contribution >= 4 is 5.91 Å². The Labute approximate surface area is 107 Å². The summed E-state index contributed by atoms with van der Waals surface area (Å²) in [5.74, 6) is -0.172. The minimum atomic E-state index is -0.900. The Morgan fingerprint density at radius 2 is 1.94 bits per heavy atom. The predicted molar refractivity (Wildman–Crippen MR) is 68.2 cm³/mol. The highest BCUT2D eigenvalue weighted by Crippen LogP contribution is 2.08. The number of carbonyl (C=O) groups is 1. The van der Waals surface area contributed by atoms with Crippen LogP contribution in [0.2, 0.25) is 0 Å². The van der Waals surface area contributed by atoms with Gasteiger partial charge in [-0.1, -0.05) is 30.3 Å². The largest absolute Gasteiger partial charge is 0.383 e. The molecule has 1 heterocycles. The first-order chi connectivity index (χ1) is 8.77. The van der Waals surface area contributed by atoms with Crippen molar-refractivity contribution in [1.82, 2.24) is 4.90 Å². The van der Waals surface area contributed by atoms with Crippen LogP contribution < -0.4 is 0 Å². The summed E-state index contributed by atoms with van der Waals surface area (Å²) >= 11 is 0. The Morgan fingerprint density at radius 1 is 1.28 bits per heavy atom. The Bertz CT molecular complexity index is 374. The molecular weight excluding hydrogens is 230 g/mol. The summed E-state index contributed by atoms with van der Waals surface area (Å²) in [6.07, 6.45) is 0.293. The van der Waals surface area contributed by atoms with E-state index in [1.165, 1.54) is 0 Å². The van der Waals surface area contributed by atoms with Crippen LogP contribution >= 0.6 is 0 Å². The number of aliphatic hydroxyl groups excluding tert-OH is 1. The van der Waals surface area contributed by atoms with Gasteiger partial charge in [0, 0.05) is 13.1 Å². The van der Waals surface area contributed by atoms with Crippen LogP contribution in [0.4, 0.5) is 0 Å². The van der Waals surface area contributed by atoms with E-state index in [1.54, 1.807) is 4.90 Å². The number of benzene rings is 1. The van der Waals surface area contributed by atoms with Crippen molar-refractivity contribution in [3.63, 3.8) is 0 Å². The number of rotatable bonds is 4. The lowest BCUT2D eigenvalue weighted by molar-refractivity contribution is -0.144. The zero-order valence-electron chi connectivity index (χ0n) is 10.4. The molecule has 2 rings (SSSR count). The second-order valence-electron chi connectivity index (χ2n) is 4.48. The number of ether oxygens (including phenoxy) is 1. The van der Waals surface area contributed by atoms with E-state index in [9.17, 15) is 9.90 Å². The maximum atomic E-state index is 11.9. The molecule has 1 atom stereocenters. The average molecular weight is 249 g/mol. The average Bonchev–Trinajstić information content (AvgIpc) is 2.46. The lowest BCUT2D eigenvalue weighted by Crippen LogP contribution is -2.45. The Kier molecular flexibility index (Phi) is 4.73. The molecule has 1 amide bonds. The van der Waals surface area contributed by atoms with Gasteiger partial charge in [-0.3, -0.25) is 4.79 Å². The molecule has 1 saturated heterocycles. The molecule has 1 aliphatic rings. The molecule has 1 unspecified atom stereocenters. The van der Waals surface area contributed by atoms with E-state index in [-0.39, 0.29) is 5.91 Å². The SMILES string of the molecule is O=C(C(O)CCc1ccccc1)N1CCOCC1. The summed E-state index contributed by atoms with van der Waals surface area (Å²) in [5, 5.41) is 9.90. The highest BCUT2D eigenvalue weighted by atomic mass is 16.5. The Hall–Kier alpha value is -1.39.